The molecule has 4 rings (SSSR count). The Labute approximate surface area is 160 Å². The van der Waals surface area contributed by atoms with Crippen LogP contribution in [-0.4, -0.2) is 17.5 Å². The Morgan fingerprint density at radius 1 is 1.11 bits per heavy atom. The number of benzene rings is 2. The highest BCUT2D eigenvalue weighted by Crippen LogP contribution is 2.26. The lowest BCUT2D eigenvalue weighted by molar-refractivity contribution is -0.710. The highest BCUT2D eigenvalue weighted by molar-refractivity contribution is 5.97. The third-order valence-corrected chi connectivity index (χ3v) is 5.46. The van der Waals surface area contributed by atoms with Gasteiger partial charge in [0.05, 0.1) is 20.1 Å². The molecular formula is C23H25N2O2+. The standard InChI is InChI=1S/C23H25N2O2/c1-16-6-8-18(9-7-16)21-15-25(22-5-4-14-24(21)22)17(2)23(26)19-10-12-20(27-3)13-11-19/h6-13,15,17H,4-5,14H2,1-3H3/q+1/t17-/m0/s1. The number of imidazole rings is 1. The number of rotatable bonds is 5. The summed E-state index contributed by atoms with van der Waals surface area (Å²) < 4.78 is 9.72. The van der Waals surface area contributed by atoms with E-state index in [2.05, 4.69) is 46.5 Å². The number of Topliss-reactive ketones (excluding diaryl/α,β-unsaturated/α-hetero) is 1. The van der Waals surface area contributed by atoms with Gasteiger partial charge in [-0.25, -0.2) is 9.13 Å². The molecule has 0 N–H and O–H groups in total. The summed E-state index contributed by atoms with van der Waals surface area (Å²) in [4.78, 5) is 13.1. The zero-order chi connectivity index (χ0) is 19.0. The van der Waals surface area contributed by atoms with Crippen molar-refractivity contribution in [3.63, 3.8) is 0 Å². The maximum atomic E-state index is 13.1. The molecule has 1 aliphatic heterocycles. The zero-order valence-corrected chi connectivity index (χ0v) is 16.1. The van der Waals surface area contributed by atoms with Crippen LogP contribution in [0.2, 0.25) is 0 Å². The molecule has 2 heterocycles. The molecule has 0 aliphatic carbocycles. The molecule has 27 heavy (non-hydrogen) atoms. The number of fused-ring (bicyclic) bond motifs is 1. The van der Waals surface area contributed by atoms with Crippen molar-refractivity contribution in [2.24, 2.45) is 0 Å². The minimum atomic E-state index is -0.239. The minimum absolute atomic E-state index is 0.124. The number of carbonyl (C=O) groups excluding carboxylic acids is 1. The molecule has 0 saturated carbocycles. The Bertz CT molecular complexity index is 969. The van der Waals surface area contributed by atoms with Crippen LogP contribution in [0.4, 0.5) is 0 Å². The van der Waals surface area contributed by atoms with Gasteiger partial charge in [0.15, 0.2) is 11.7 Å². The molecule has 1 atom stereocenters. The lowest BCUT2D eigenvalue weighted by atomic mass is 10.0. The van der Waals surface area contributed by atoms with E-state index in [1.165, 1.54) is 22.6 Å². The highest BCUT2D eigenvalue weighted by atomic mass is 16.5. The van der Waals surface area contributed by atoms with Gasteiger partial charge >= 0.3 is 0 Å². The zero-order valence-electron chi connectivity index (χ0n) is 16.1. The average molecular weight is 361 g/mol. The van der Waals surface area contributed by atoms with Crippen molar-refractivity contribution in [1.29, 1.82) is 0 Å². The Morgan fingerprint density at radius 2 is 1.81 bits per heavy atom. The first-order chi connectivity index (χ1) is 13.1. The Kier molecular flexibility index (Phi) is 4.56. The fourth-order valence-electron chi connectivity index (χ4n) is 3.88. The van der Waals surface area contributed by atoms with Crippen molar-refractivity contribution in [2.45, 2.75) is 39.3 Å². The Morgan fingerprint density at radius 3 is 2.48 bits per heavy atom. The quantitative estimate of drug-likeness (QED) is 0.505. The van der Waals surface area contributed by atoms with E-state index in [4.69, 9.17) is 4.74 Å². The van der Waals surface area contributed by atoms with Crippen LogP contribution in [0.1, 0.15) is 41.1 Å². The van der Waals surface area contributed by atoms with Crippen molar-refractivity contribution < 1.29 is 14.1 Å². The fraction of sp³-hybridized carbons (Fsp3) is 0.304. The SMILES string of the molecule is COc1ccc(C(=O)[C@H](C)[n+]2cc(-c3ccc(C)cc3)n3c2CCC3)cc1. The molecule has 4 nitrogen and oxygen atoms in total. The van der Waals surface area contributed by atoms with Gasteiger partial charge in [-0.15, -0.1) is 0 Å². The summed E-state index contributed by atoms with van der Waals surface area (Å²) in [6.45, 7) is 5.10. The number of ketones is 1. The van der Waals surface area contributed by atoms with Gasteiger partial charge in [0, 0.05) is 11.1 Å². The van der Waals surface area contributed by atoms with Crippen LogP contribution in [0.25, 0.3) is 11.3 Å². The molecule has 0 fully saturated rings. The summed E-state index contributed by atoms with van der Waals surface area (Å²) in [5.41, 5.74) is 4.36. The van der Waals surface area contributed by atoms with E-state index in [0.29, 0.717) is 5.56 Å². The van der Waals surface area contributed by atoms with Gasteiger partial charge in [0.1, 0.15) is 11.9 Å². The maximum Gasteiger partial charge on any atom is 0.257 e. The van der Waals surface area contributed by atoms with E-state index in [1.54, 1.807) is 7.11 Å². The molecule has 0 amide bonds. The molecule has 138 valence electrons. The monoisotopic (exact) mass is 361 g/mol. The third-order valence-electron chi connectivity index (χ3n) is 5.46. The van der Waals surface area contributed by atoms with Crippen LogP contribution in [-0.2, 0) is 13.0 Å². The predicted molar refractivity (Wildman–Crippen MR) is 105 cm³/mol. The van der Waals surface area contributed by atoms with Gasteiger partial charge in [-0.2, -0.15) is 0 Å². The van der Waals surface area contributed by atoms with Gasteiger partial charge in [-0.05, 0) is 44.5 Å². The maximum absolute atomic E-state index is 13.1. The van der Waals surface area contributed by atoms with Crippen LogP contribution < -0.4 is 9.30 Å². The first kappa shape index (κ1) is 17.5. The molecule has 1 aromatic heterocycles. The molecular weight excluding hydrogens is 336 g/mol. The summed E-state index contributed by atoms with van der Waals surface area (Å²) in [5.74, 6) is 2.12. The smallest absolute Gasteiger partial charge is 0.257 e. The van der Waals surface area contributed by atoms with Gasteiger partial charge < -0.3 is 4.74 Å². The van der Waals surface area contributed by atoms with Crippen molar-refractivity contribution in [1.82, 2.24) is 4.57 Å². The van der Waals surface area contributed by atoms with Crippen molar-refractivity contribution in [3.05, 3.63) is 71.7 Å². The Balaban J connectivity index is 1.69. The lowest BCUT2D eigenvalue weighted by Crippen LogP contribution is -2.44. The van der Waals surface area contributed by atoms with Gasteiger partial charge in [-0.1, -0.05) is 29.8 Å². The number of nitrogens with zero attached hydrogens (tertiary/aromatic N) is 2. The van der Waals surface area contributed by atoms with Crippen molar-refractivity contribution in [3.8, 4) is 17.0 Å². The van der Waals surface area contributed by atoms with E-state index < -0.39 is 0 Å². The van der Waals surface area contributed by atoms with Crippen LogP contribution in [0, 0.1) is 6.92 Å². The topological polar surface area (TPSA) is 35.1 Å². The molecule has 0 radical (unpaired) electrons. The van der Waals surface area contributed by atoms with E-state index >= 15 is 0 Å². The van der Waals surface area contributed by atoms with Crippen molar-refractivity contribution in [2.75, 3.05) is 7.11 Å². The molecule has 0 spiro atoms. The number of carbonyl (C=O) groups is 1. The second kappa shape index (κ2) is 7.03. The molecule has 0 saturated heterocycles. The molecule has 4 heteroatoms. The van der Waals surface area contributed by atoms with E-state index in [1.807, 2.05) is 31.2 Å². The molecule has 0 bridgehead atoms. The lowest BCUT2D eigenvalue weighted by Gasteiger charge is -2.09. The molecule has 1 aliphatic rings. The van der Waals surface area contributed by atoms with E-state index in [9.17, 15) is 4.79 Å². The summed E-state index contributed by atoms with van der Waals surface area (Å²) in [5, 5.41) is 0. The van der Waals surface area contributed by atoms with Crippen LogP contribution in [0.15, 0.2) is 54.7 Å². The predicted octanol–water partition coefficient (Wildman–Crippen LogP) is 4.15. The summed E-state index contributed by atoms with van der Waals surface area (Å²) in [7, 11) is 1.63. The number of ether oxygens (including phenoxy) is 1. The number of aromatic nitrogens is 2. The van der Waals surface area contributed by atoms with Gasteiger partial charge in [-0.3, -0.25) is 4.79 Å². The molecule has 3 aromatic rings. The highest BCUT2D eigenvalue weighted by Gasteiger charge is 2.33. The number of hydrogen-bond donors (Lipinski definition) is 0. The van der Waals surface area contributed by atoms with Crippen LogP contribution in [0.3, 0.4) is 0 Å². The van der Waals surface area contributed by atoms with Crippen molar-refractivity contribution >= 4 is 5.78 Å². The number of aryl methyl sites for hydroxylation is 1. The summed E-state index contributed by atoms with van der Waals surface area (Å²) in [6.07, 6.45) is 4.27. The second-order valence-electron chi connectivity index (χ2n) is 7.23. The van der Waals surface area contributed by atoms with Gasteiger partial charge in [0.25, 0.3) is 5.82 Å². The normalized spacial score (nSPS) is 14.0. The first-order valence-electron chi connectivity index (χ1n) is 9.47. The first-order valence-corrected chi connectivity index (χ1v) is 9.47. The van der Waals surface area contributed by atoms with Crippen LogP contribution in [0.5, 0.6) is 5.75 Å². The third kappa shape index (κ3) is 3.16. The average Bonchev–Trinajstić information content (AvgIpc) is 3.30. The molecule has 0 unspecified atom stereocenters. The van der Waals surface area contributed by atoms with Crippen LogP contribution >= 0.6 is 0 Å². The van der Waals surface area contributed by atoms with E-state index in [-0.39, 0.29) is 11.8 Å². The number of methoxy groups -OCH3 is 1. The largest absolute Gasteiger partial charge is 0.497 e. The van der Waals surface area contributed by atoms with E-state index in [0.717, 1.165) is 25.1 Å². The van der Waals surface area contributed by atoms with Gasteiger partial charge in [0.2, 0.25) is 5.78 Å². The minimum Gasteiger partial charge on any atom is -0.497 e. The molecule has 2 aromatic carbocycles. The Hall–Kier alpha value is -2.88. The summed E-state index contributed by atoms with van der Waals surface area (Å²) in [6, 6.07) is 15.7. The number of hydrogen-bond acceptors (Lipinski definition) is 2. The fourth-order valence-corrected chi connectivity index (χ4v) is 3.88. The summed E-state index contributed by atoms with van der Waals surface area (Å²) >= 11 is 0. The second-order valence-corrected chi connectivity index (χ2v) is 7.23.